The maximum atomic E-state index is 13.0. The molecule has 1 aliphatic rings. The number of carbonyl (C=O) groups excluding carboxylic acids is 1. The van der Waals surface area contributed by atoms with Crippen molar-refractivity contribution in [1.29, 1.82) is 0 Å². The fourth-order valence-electron chi connectivity index (χ4n) is 3.66. The number of nitrogens with zero attached hydrogens (tertiary/aromatic N) is 2. The lowest BCUT2D eigenvalue weighted by atomic mass is 9.96. The van der Waals surface area contributed by atoms with E-state index < -0.39 is 10.0 Å². The first-order chi connectivity index (χ1) is 14.2. The second-order valence-electron chi connectivity index (χ2n) is 7.21. The molecule has 1 aliphatic heterocycles. The number of sulfonamides is 1. The number of rotatable bonds is 6. The first-order valence-electron chi connectivity index (χ1n) is 9.71. The highest BCUT2D eigenvalue weighted by Gasteiger charge is 2.35. The Labute approximate surface area is 192 Å². The molecule has 1 fully saturated rings. The predicted octanol–water partition coefficient (Wildman–Crippen LogP) is 5.10. The standard InChI is InChI=1S/C21H23Cl3N2O3S/c1-2-25(14-15-5-3-6-17(22)13-15)21(27)16-9-11-26(12-10-16)30(28,29)20-18(23)7-4-8-19(20)24/h3-8,13,16H,2,9-12,14H2,1H3. The van der Waals surface area contributed by atoms with Gasteiger partial charge in [0.2, 0.25) is 15.9 Å². The van der Waals surface area contributed by atoms with Gasteiger partial charge in [0.1, 0.15) is 4.90 Å². The molecule has 1 amide bonds. The summed E-state index contributed by atoms with van der Waals surface area (Å²) in [5.74, 6) is -0.192. The summed E-state index contributed by atoms with van der Waals surface area (Å²) in [7, 11) is -3.82. The Morgan fingerprint density at radius 2 is 1.67 bits per heavy atom. The van der Waals surface area contributed by atoms with Crippen molar-refractivity contribution in [1.82, 2.24) is 9.21 Å². The van der Waals surface area contributed by atoms with Gasteiger partial charge in [-0.25, -0.2) is 8.42 Å². The lowest BCUT2D eigenvalue weighted by molar-refractivity contribution is -0.137. The molecule has 2 aromatic rings. The van der Waals surface area contributed by atoms with Crippen molar-refractivity contribution in [3.05, 3.63) is 63.1 Å². The van der Waals surface area contributed by atoms with E-state index in [-0.39, 0.29) is 39.9 Å². The Hall–Kier alpha value is -1.31. The van der Waals surface area contributed by atoms with Crippen molar-refractivity contribution in [2.75, 3.05) is 19.6 Å². The van der Waals surface area contributed by atoms with E-state index in [2.05, 4.69) is 0 Å². The number of carbonyl (C=O) groups is 1. The highest BCUT2D eigenvalue weighted by molar-refractivity contribution is 7.89. The molecule has 1 heterocycles. The summed E-state index contributed by atoms with van der Waals surface area (Å²) >= 11 is 18.2. The van der Waals surface area contributed by atoms with Crippen LogP contribution < -0.4 is 0 Å². The minimum Gasteiger partial charge on any atom is -0.338 e. The Bertz CT molecular complexity index is 1000. The van der Waals surface area contributed by atoms with Gasteiger partial charge in [0, 0.05) is 37.1 Å². The van der Waals surface area contributed by atoms with Crippen LogP contribution in [0.15, 0.2) is 47.4 Å². The smallest absolute Gasteiger partial charge is 0.246 e. The Morgan fingerprint density at radius 1 is 1.07 bits per heavy atom. The van der Waals surface area contributed by atoms with E-state index in [1.54, 1.807) is 17.0 Å². The van der Waals surface area contributed by atoms with E-state index in [1.807, 2.05) is 25.1 Å². The van der Waals surface area contributed by atoms with Crippen molar-refractivity contribution >= 4 is 50.7 Å². The average molecular weight is 490 g/mol. The van der Waals surface area contributed by atoms with Gasteiger partial charge in [-0.3, -0.25) is 4.79 Å². The lowest BCUT2D eigenvalue weighted by Gasteiger charge is -2.33. The molecule has 1 saturated heterocycles. The monoisotopic (exact) mass is 488 g/mol. The molecule has 9 heteroatoms. The Kier molecular flexibility index (Phi) is 7.69. The largest absolute Gasteiger partial charge is 0.338 e. The minimum absolute atomic E-state index is 0.0327. The molecule has 0 unspecified atom stereocenters. The van der Waals surface area contributed by atoms with Crippen LogP contribution in [0.1, 0.15) is 25.3 Å². The number of hydrogen-bond donors (Lipinski definition) is 0. The van der Waals surface area contributed by atoms with Crippen molar-refractivity contribution in [3.63, 3.8) is 0 Å². The predicted molar refractivity (Wildman–Crippen MR) is 120 cm³/mol. The van der Waals surface area contributed by atoms with Crippen molar-refractivity contribution in [2.45, 2.75) is 31.2 Å². The van der Waals surface area contributed by atoms with Gasteiger partial charge in [-0.15, -0.1) is 0 Å². The Balaban J connectivity index is 1.67. The molecule has 2 aromatic carbocycles. The summed E-state index contributed by atoms with van der Waals surface area (Å²) in [6.45, 7) is 3.47. The molecule has 0 radical (unpaired) electrons. The van der Waals surface area contributed by atoms with Gasteiger partial charge >= 0.3 is 0 Å². The molecule has 0 atom stereocenters. The fraction of sp³-hybridized carbons (Fsp3) is 0.381. The van der Waals surface area contributed by atoms with Crippen molar-refractivity contribution in [3.8, 4) is 0 Å². The molecule has 0 bridgehead atoms. The average Bonchev–Trinajstić information content (AvgIpc) is 2.71. The van der Waals surface area contributed by atoms with Gasteiger partial charge in [-0.2, -0.15) is 4.31 Å². The van der Waals surface area contributed by atoms with Crippen LogP contribution in [0.2, 0.25) is 15.1 Å². The maximum Gasteiger partial charge on any atom is 0.246 e. The van der Waals surface area contributed by atoms with Crippen LogP contribution in [0.3, 0.4) is 0 Å². The summed E-state index contributed by atoms with van der Waals surface area (Å²) < 4.78 is 27.4. The third kappa shape index (κ3) is 5.11. The second kappa shape index (κ2) is 9.88. The van der Waals surface area contributed by atoms with Crippen LogP contribution in [0.25, 0.3) is 0 Å². The first kappa shape index (κ1) is 23.4. The molecule has 0 N–H and O–H groups in total. The maximum absolute atomic E-state index is 13.0. The molecule has 30 heavy (non-hydrogen) atoms. The molecule has 5 nitrogen and oxygen atoms in total. The van der Waals surface area contributed by atoms with Crippen LogP contribution in [0.5, 0.6) is 0 Å². The van der Waals surface area contributed by atoms with Gasteiger partial charge in [0.15, 0.2) is 0 Å². The van der Waals surface area contributed by atoms with Gasteiger partial charge in [0.05, 0.1) is 10.0 Å². The van der Waals surface area contributed by atoms with Crippen LogP contribution in [0, 0.1) is 5.92 Å². The highest BCUT2D eigenvalue weighted by Crippen LogP contribution is 2.33. The molecule has 162 valence electrons. The van der Waals surface area contributed by atoms with Crippen molar-refractivity contribution < 1.29 is 13.2 Å². The number of halogens is 3. The van der Waals surface area contributed by atoms with Gasteiger partial charge in [0.25, 0.3) is 0 Å². The number of hydrogen-bond acceptors (Lipinski definition) is 3. The molecule has 0 aromatic heterocycles. The summed E-state index contributed by atoms with van der Waals surface area (Å²) in [6.07, 6.45) is 0.901. The summed E-state index contributed by atoms with van der Waals surface area (Å²) in [6, 6.07) is 12.1. The van der Waals surface area contributed by atoms with Gasteiger partial charge < -0.3 is 4.90 Å². The van der Waals surface area contributed by atoms with Crippen LogP contribution in [-0.4, -0.2) is 43.2 Å². The second-order valence-corrected chi connectivity index (χ2v) is 10.3. The zero-order valence-corrected chi connectivity index (χ0v) is 19.6. The number of piperidine rings is 1. The normalized spacial score (nSPS) is 15.9. The van der Waals surface area contributed by atoms with Gasteiger partial charge in [-0.05, 0) is 49.6 Å². The number of amides is 1. The van der Waals surface area contributed by atoms with E-state index in [4.69, 9.17) is 34.8 Å². The van der Waals surface area contributed by atoms with Crippen LogP contribution in [-0.2, 0) is 21.4 Å². The highest BCUT2D eigenvalue weighted by atomic mass is 35.5. The Morgan fingerprint density at radius 3 is 2.23 bits per heavy atom. The molecule has 0 aliphatic carbocycles. The van der Waals surface area contributed by atoms with Crippen LogP contribution >= 0.6 is 34.8 Å². The van der Waals surface area contributed by atoms with Crippen LogP contribution in [0.4, 0.5) is 0 Å². The van der Waals surface area contributed by atoms with Crippen molar-refractivity contribution in [2.24, 2.45) is 5.92 Å². The minimum atomic E-state index is -3.82. The summed E-state index contributed by atoms with van der Waals surface area (Å²) in [4.78, 5) is 14.7. The SMILES string of the molecule is CCN(Cc1cccc(Cl)c1)C(=O)C1CCN(S(=O)(=O)c2c(Cl)cccc2Cl)CC1. The molecular weight excluding hydrogens is 467 g/mol. The zero-order chi connectivity index (χ0) is 21.9. The molecular formula is C21H23Cl3N2O3S. The van der Waals surface area contributed by atoms with E-state index in [9.17, 15) is 13.2 Å². The van der Waals surface area contributed by atoms with E-state index in [1.165, 1.54) is 16.4 Å². The van der Waals surface area contributed by atoms with E-state index in [0.717, 1.165) is 5.56 Å². The summed E-state index contributed by atoms with van der Waals surface area (Å²) in [5, 5.41) is 0.825. The zero-order valence-electron chi connectivity index (χ0n) is 16.5. The van der Waals surface area contributed by atoms with E-state index >= 15 is 0 Å². The van der Waals surface area contributed by atoms with E-state index in [0.29, 0.717) is 31.0 Å². The third-order valence-corrected chi connectivity index (χ3v) is 8.37. The number of benzene rings is 2. The van der Waals surface area contributed by atoms with Gasteiger partial charge in [-0.1, -0.05) is 53.0 Å². The molecule has 3 rings (SSSR count). The molecule has 0 saturated carbocycles. The topological polar surface area (TPSA) is 57.7 Å². The first-order valence-corrected chi connectivity index (χ1v) is 12.3. The quantitative estimate of drug-likeness (QED) is 0.567. The fourth-order valence-corrected chi connectivity index (χ4v) is 6.43. The summed E-state index contributed by atoms with van der Waals surface area (Å²) in [5.41, 5.74) is 0.964. The lowest BCUT2D eigenvalue weighted by Crippen LogP contribution is -2.44. The third-order valence-electron chi connectivity index (χ3n) is 5.28. The molecule has 0 spiro atoms.